The van der Waals surface area contributed by atoms with Crippen LogP contribution in [0.1, 0.15) is 26.3 Å². The number of rotatable bonds is 6. The summed E-state index contributed by atoms with van der Waals surface area (Å²) in [5.41, 5.74) is -0.933. The van der Waals surface area contributed by atoms with Crippen LogP contribution >= 0.6 is 0 Å². The van der Waals surface area contributed by atoms with Crippen molar-refractivity contribution in [1.82, 2.24) is 10.2 Å². The molecular weight excluding hydrogens is 388 g/mol. The minimum absolute atomic E-state index is 0.0396. The van der Waals surface area contributed by atoms with E-state index in [0.29, 0.717) is 0 Å². The number of hydrogen-bond donors (Lipinski definition) is 1. The number of alkyl carbamates (subject to hydrolysis) is 1. The lowest BCUT2D eigenvalue weighted by Gasteiger charge is -2.49. The van der Waals surface area contributed by atoms with Gasteiger partial charge < -0.3 is 19.7 Å². The van der Waals surface area contributed by atoms with E-state index in [2.05, 4.69) is 5.32 Å². The molecule has 1 aromatic carbocycles. The quantitative estimate of drug-likeness (QED) is 0.708. The van der Waals surface area contributed by atoms with Gasteiger partial charge in [-0.3, -0.25) is 4.18 Å². The first-order valence-corrected chi connectivity index (χ1v) is 10.5. The highest BCUT2D eigenvalue weighted by Crippen LogP contribution is 2.25. The zero-order valence-corrected chi connectivity index (χ0v) is 17.2. The average Bonchev–Trinajstić information content (AvgIpc) is 2.53. The Morgan fingerprint density at radius 3 is 2.32 bits per heavy atom. The molecule has 9 nitrogen and oxygen atoms in total. The maximum absolute atomic E-state index is 12.2. The Balaban J connectivity index is 1.96. The van der Waals surface area contributed by atoms with Crippen molar-refractivity contribution in [2.75, 3.05) is 26.0 Å². The van der Waals surface area contributed by atoms with Crippen LogP contribution < -0.4 is 5.32 Å². The van der Waals surface area contributed by atoms with Gasteiger partial charge >= 0.3 is 12.2 Å². The summed E-state index contributed by atoms with van der Waals surface area (Å²) in [4.78, 5) is 25.7. The predicted molar refractivity (Wildman–Crippen MR) is 101 cm³/mol. The molecule has 1 aliphatic rings. The summed E-state index contributed by atoms with van der Waals surface area (Å²) in [6.45, 7) is 5.05. The zero-order chi connectivity index (χ0) is 21.0. The molecule has 0 spiro atoms. The lowest BCUT2D eigenvalue weighted by atomic mass is 9.91. The van der Waals surface area contributed by atoms with Crippen molar-refractivity contribution >= 4 is 22.3 Å². The number of carbonyl (C=O) groups is 2. The van der Waals surface area contributed by atoms with Crippen molar-refractivity contribution in [3.05, 3.63) is 35.9 Å². The summed E-state index contributed by atoms with van der Waals surface area (Å²) in [7, 11) is -3.72. The van der Waals surface area contributed by atoms with E-state index in [1.807, 2.05) is 30.3 Å². The maximum Gasteiger partial charge on any atom is 0.410 e. The Hall–Kier alpha value is -2.33. The number of benzene rings is 1. The highest BCUT2D eigenvalue weighted by molar-refractivity contribution is 7.85. The molecule has 0 aliphatic carbocycles. The van der Waals surface area contributed by atoms with Gasteiger partial charge in [-0.2, -0.15) is 8.42 Å². The molecule has 1 fully saturated rings. The lowest BCUT2D eigenvalue weighted by molar-refractivity contribution is -0.0275. The standard InChI is InChI=1S/C18H26N2O7S/c1-17(2,3)27-16(22)20-11-18(12-20,13-26-28(4,23)24)19-15(21)25-10-14-8-6-5-7-9-14/h5-9H,10-13H2,1-4H3,(H,19,21). The summed E-state index contributed by atoms with van der Waals surface area (Å²) < 4.78 is 38.0. The van der Waals surface area contributed by atoms with Gasteiger partial charge in [-0.05, 0) is 26.3 Å². The Kier molecular flexibility index (Phi) is 6.56. The number of carbonyl (C=O) groups excluding carboxylic acids is 2. The number of ether oxygens (including phenoxy) is 2. The average molecular weight is 414 g/mol. The molecule has 0 atom stereocenters. The van der Waals surface area contributed by atoms with Crippen molar-refractivity contribution in [3.63, 3.8) is 0 Å². The van der Waals surface area contributed by atoms with Crippen molar-refractivity contribution < 1.29 is 31.7 Å². The first kappa shape index (κ1) is 22.0. The van der Waals surface area contributed by atoms with Crippen LogP contribution in [0.25, 0.3) is 0 Å². The Bertz CT molecular complexity index is 797. The molecule has 1 saturated heterocycles. The normalized spacial score (nSPS) is 16.1. The van der Waals surface area contributed by atoms with Gasteiger partial charge in [0, 0.05) is 0 Å². The molecule has 0 unspecified atom stereocenters. The minimum Gasteiger partial charge on any atom is -0.445 e. The third-order valence-corrected chi connectivity index (χ3v) is 4.31. The molecule has 2 rings (SSSR count). The SMILES string of the molecule is CC(C)(C)OC(=O)N1CC(COS(C)(=O)=O)(NC(=O)OCc2ccccc2)C1. The van der Waals surface area contributed by atoms with E-state index in [-0.39, 0.29) is 26.3 Å². The zero-order valence-electron chi connectivity index (χ0n) is 16.4. The van der Waals surface area contributed by atoms with Crippen molar-refractivity contribution in [2.24, 2.45) is 0 Å². The van der Waals surface area contributed by atoms with E-state index in [4.69, 9.17) is 13.7 Å². The van der Waals surface area contributed by atoms with Gasteiger partial charge in [0.15, 0.2) is 0 Å². The number of hydrogen-bond acceptors (Lipinski definition) is 7. The molecule has 10 heteroatoms. The lowest BCUT2D eigenvalue weighted by Crippen LogP contribution is -2.73. The smallest absolute Gasteiger partial charge is 0.410 e. The van der Waals surface area contributed by atoms with Crippen molar-refractivity contribution in [2.45, 2.75) is 38.5 Å². The van der Waals surface area contributed by atoms with E-state index in [0.717, 1.165) is 11.8 Å². The van der Waals surface area contributed by atoms with Gasteiger partial charge in [-0.1, -0.05) is 30.3 Å². The van der Waals surface area contributed by atoms with E-state index in [9.17, 15) is 18.0 Å². The van der Waals surface area contributed by atoms with Crippen molar-refractivity contribution in [1.29, 1.82) is 0 Å². The second kappa shape index (κ2) is 8.36. The minimum atomic E-state index is -3.72. The Morgan fingerprint density at radius 2 is 1.79 bits per heavy atom. The van der Waals surface area contributed by atoms with Crippen molar-refractivity contribution in [3.8, 4) is 0 Å². The number of likely N-dealkylation sites (tertiary alicyclic amines) is 1. The van der Waals surface area contributed by atoms with Gasteiger partial charge in [0.2, 0.25) is 0 Å². The monoisotopic (exact) mass is 414 g/mol. The Labute approximate surface area is 165 Å². The van der Waals surface area contributed by atoms with Crippen LogP contribution in [0, 0.1) is 0 Å². The molecule has 0 saturated carbocycles. The van der Waals surface area contributed by atoms with Gasteiger partial charge in [-0.15, -0.1) is 0 Å². The molecule has 28 heavy (non-hydrogen) atoms. The molecule has 1 aromatic rings. The summed E-state index contributed by atoms with van der Waals surface area (Å²) in [6.07, 6.45) is -0.370. The number of nitrogens with one attached hydrogen (secondary N) is 1. The summed E-state index contributed by atoms with van der Waals surface area (Å²) in [5, 5.41) is 2.62. The fourth-order valence-electron chi connectivity index (χ4n) is 2.54. The van der Waals surface area contributed by atoms with Crippen LogP contribution in [0.4, 0.5) is 9.59 Å². The fourth-order valence-corrected chi connectivity index (χ4v) is 2.98. The highest BCUT2D eigenvalue weighted by Gasteiger charge is 2.49. The third kappa shape index (κ3) is 7.01. The van der Waals surface area contributed by atoms with Gasteiger partial charge in [0.25, 0.3) is 10.1 Å². The van der Waals surface area contributed by atoms with E-state index < -0.39 is 33.4 Å². The third-order valence-electron chi connectivity index (χ3n) is 3.77. The Morgan fingerprint density at radius 1 is 1.18 bits per heavy atom. The van der Waals surface area contributed by atoms with Crippen LogP contribution in [0.2, 0.25) is 0 Å². The first-order valence-electron chi connectivity index (χ1n) is 8.69. The van der Waals surface area contributed by atoms with E-state index in [1.54, 1.807) is 20.8 Å². The van der Waals surface area contributed by atoms with Crippen LogP contribution in [0.3, 0.4) is 0 Å². The second-order valence-corrected chi connectivity index (χ2v) is 9.41. The number of amides is 2. The maximum atomic E-state index is 12.2. The molecular formula is C18H26N2O7S. The molecule has 0 aromatic heterocycles. The highest BCUT2D eigenvalue weighted by atomic mass is 32.2. The summed E-state index contributed by atoms with van der Waals surface area (Å²) >= 11 is 0. The van der Waals surface area contributed by atoms with Gasteiger partial charge in [-0.25, -0.2) is 9.59 Å². The van der Waals surface area contributed by atoms with E-state index in [1.165, 1.54) is 4.90 Å². The van der Waals surface area contributed by atoms with Crippen LogP contribution in [0.15, 0.2) is 30.3 Å². The van der Waals surface area contributed by atoms with E-state index >= 15 is 0 Å². The second-order valence-electron chi connectivity index (χ2n) is 7.77. The molecule has 156 valence electrons. The summed E-state index contributed by atoms with van der Waals surface area (Å²) in [6, 6.07) is 9.11. The number of nitrogens with zero attached hydrogens (tertiary/aromatic N) is 1. The van der Waals surface area contributed by atoms with Gasteiger partial charge in [0.1, 0.15) is 17.7 Å². The van der Waals surface area contributed by atoms with Crippen LogP contribution in [0.5, 0.6) is 0 Å². The molecule has 0 radical (unpaired) electrons. The molecule has 1 aliphatic heterocycles. The van der Waals surface area contributed by atoms with Crippen LogP contribution in [-0.4, -0.2) is 62.6 Å². The topological polar surface area (TPSA) is 111 Å². The fraction of sp³-hybridized carbons (Fsp3) is 0.556. The van der Waals surface area contributed by atoms with Gasteiger partial charge in [0.05, 0.1) is 26.0 Å². The molecule has 0 bridgehead atoms. The summed E-state index contributed by atoms with van der Waals surface area (Å²) in [5.74, 6) is 0. The molecule has 1 N–H and O–H groups in total. The molecule has 1 heterocycles. The first-order chi connectivity index (χ1) is 12.9. The predicted octanol–water partition coefficient (Wildman–Crippen LogP) is 1.88. The largest absolute Gasteiger partial charge is 0.445 e. The van der Waals surface area contributed by atoms with Crippen LogP contribution in [-0.2, 0) is 30.4 Å². The molecule has 2 amide bonds.